The standard InChI is InChI=1S/C15H11FN2/c16-14-11-17-18(13-9-5-2-6-10-13)15(14)12-7-3-1-4-8-12/h1-11H. The van der Waals surface area contributed by atoms with Crippen LogP contribution in [0.3, 0.4) is 0 Å². The molecule has 2 nitrogen and oxygen atoms in total. The van der Waals surface area contributed by atoms with Crippen LogP contribution < -0.4 is 0 Å². The predicted molar refractivity (Wildman–Crippen MR) is 69.0 cm³/mol. The Hall–Kier alpha value is -2.42. The van der Waals surface area contributed by atoms with Crippen LogP contribution in [0.5, 0.6) is 0 Å². The molecule has 0 aliphatic heterocycles. The van der Waals surface area contributed by atoms with Gasteiger partial charge in [0.2, 0.25) is 0 Å². The Balaban J connectivity index is 2.19. The van der Waals surface area contributed by atoms with Gasteiger partial charge in [0.1, 0.15) is 5.69 Å². The van der Waals surface area contributed by atoms with Crippen LogP contribution >= 0.6 is 0 Å². The van der Waals surface area contributed by atoms with Crippen molar-refractivity contribution in [3.05, 3.63) is 72.7 Å². The maximum absolute atomic E-state index is 13.9. The van der Waals surface area contributed by atoms with Crippen molar-refractivity contribution in [2.24, 2.45) is 0 Å². The average Bonchev–Trinajstić information content (AvgIpc) is 2.83. The Morgan fingerprint density at radius 2 is 1.44 bits per heavy atom. The predicted octanol–water partition coefficient (Wildman–Crippen LogP) is 3.68. The molecule has 1 aromatic heterocycles. The van der Waals surface area contributed by atoms with Gasteiger partial charge in [-0.05, 0) is 12.1 Å². The van der Waals surface area contributed by atoms with E-state index in [1.165, 1.54) is 6.20 Å². The molecule has 3 aromatic rings. The molecule has 2 aromatic carbocycles. The second-order valence-corrected chi connectivity index (χ2v) is 3.95. The summed E-state index contributed by atoms with van der Waals surface area (Å²) in [5.74, 6) is -0.315. The largest absolute Gasteiger partial charge is 0.230 e. The van der Waals surface area contributed by atoms with Gasteiger partial charge in [-0.25, -0.2) is 9.07 Å². The van der Waals surface area contributed by atoms with E-state index >= 15 is 0 Å². The Kier molecular flexibility index (Phi) is 2.65. The lowest BCUT2D eigenvalue weighted by atomic mass is 10.1. The first kappa shape index (κ1) is 10.7. The zero-order chi connectivity index (χ0) is 12.4. The van der Waals surface area contributed by atoms with Crippen LogP contribution in [0.4, 0.5) is 4.39 Å². The summed E-state index contributed by atoms with van der Waals surface area (Å²) in [6.45, 7) is 0. The van der Waals surface area contributed by atoms with E-state index in [9.17, 15) is 4.39 Å². The Labute approximate surface area is 104 Å². The minimum absolute atomic E-state index is 0.315. The molecule has 0 N–H and O–H groups in total. The van der Waals surface area contributed by atoms with Crippen molar-refractivity contribution in [1.29, 1.82) is 0 Å². The van der Waals surface area contributed by atoms with Crippen LogP contribution in [-0.2, 0) is 0 Å². The van der Waals surface area contributed by atoms with Crippen molar-refractivity contribution in [2.45, 2.75) is 0 Å². The first-order valence-corrected chi connectivity index (χ1v) is 5.70. The van der Waals surface area contributed by atoms with Crippen molar-refractivity contribution in [3.8, 4) is 16.9 Å². The highest BCUT2D eigenvalue weighted by atomic mass is 19.1. The molecule has 1 heterocycles. The van der Waals surface area contributed by atoms with Gasteiger partial charge in [0.15, 0.2) is 5.82 Å². The van der Waals surface area contributed by atoms with E-state index in [-0.39, 0.29) is 5.82 Å². The summed E-state index contributed by atoms with van der Waals surface area (Å²) in [6, 6.07) is 19.0. The Morgan fingerprint density at radius 1 is 0.833 bits per heavy atom. The van der Waals surface area contributed by atoms with Gasteiger partial charge in [0.05, 0.1) is 11.9 Å². The van der Waals surface area contributed by atoms with Crippen molar-refractivity contribution in [2.75, 3.05) is 0 Å². The van der Waals surface area contributed by atoms with Crippen LogP contribution in [0, 0.1) is 5.82 Å². The van der Waals surface area contributed by atoms with Gasteiger partial charge in [-0.2, -0.15) is 5.10 Å². The fourth-order valence-corrected chi connectivity index (χ4v) is 1.95. The van der Waals surface area contributed by atoms with Gasteiger partial charge < -0.3 is 0 Å². The first-order chi connectivity index (χ1) is 8.86. The van der Waals surface area contributed by atoms with Gasteiger partial charge in [0.25, 0.3) is 0 Å². The first-order valence-electron chi connectivity index (χ1n) is 5.70. The Morgan fingerprint density at radius 3 is 2.11 bits per heavy atom. The molecular formula is C15H11FN2. The number of hydrogen-bond donors (Lipinski definition) is 0. The number of benzene rings is 2. The molecule has 0 bridgehead atoms. The van der Waals surface area contributed by atoms with Crippen molar-refractivity contribution in [3.63, 3.8) is 0 Å². The maximum Gasteiger partial charge on any atom is 0.169 e. The monoisotopic (exact) mass is 238 g/mol. The second kappa shape index (κ2) is 4.45. The van der Waals surface area contributed by atoms with Gasteiger partial charge in [0, 0.05) is 5.56 Å². The third-order valence-electron chi connectivity index (χ3n) is 2.77. The van der Waals surface area contributed by atoms with E-state index in [2.05, 4.69) is 5.10 Å². The van der Waals surface area contributed by atoms with Gasteiger partial charge in [-0.15, -0.1) is 0 Å². The van der Waals surface area contributed by atoms with Gasteiger partial charge in [-0.1, -0.05) is 48.5 Å². The van der Waals surface area contributed by atoms with Crippen LogP contribution in [0.2, 0.25) is 0 Å². The number of para-hydroxylation sites is 1. The van der Waals surface area contributed by atoms with Gasteiger partial charge in [-0.3, -0.25) is 0 Å². The molecule has 0 saturated carbocycles. The summed E-state index contributed by atoms with van der Waals surface area (Å²) in [6.07, 6.45) is 1.25. The molecule has 18 heavy (non-hydrogen) atoms. The number of halogens is 1. The molecule has 0 unspecified atom stereocenters. The topological polar surface area (TPSA) is 17.8 Å². The van der Waals surface area contributed by atoms with Crippen LogP contribution in [-0.4, -0.2) is 9.78 Å². The third kappa shape index (κ3) is 1.80. The molecule has 0 aliphatic rings. The molecule has 0 aliphatic carbocycles. The van der Waals surface area contributed by atoms with Gasteiger partial charge >= 0.3 is 0 Å². The lowest BCUT2D eigenvalue weighted by Gasteiger charge is -2.07. The normalized spacial score (nSPS) is 10.5. The van der Waals surface area contributed by atoms with E-state index in [1.807, 2.05) is 60.7 Å². The lowest BCUT2D eigenvalue weighted by Crippen LogP contribution is -1.99. The summed E-state index contributed by atoms with van der Waals surface area (Å²) in [5.41, 5.74) is 2.15. The van der Waals surface area contributed by atoms with E-state index in [1.54, 1.807) is 4.68 Å². The quantitative estimate of drug-likeness (QED) is 0.666. The number of aromatic nitrogens is 2. The molecule has 0 saturated heterocycles. The molecule has 0 amide bonds. The van der Waals surface area contributed by atoms with Crippen LogP contribution in [0.15, 0.2) is 66.9 Å². The van der Waals surface area contributed by atoms with Crippen molar-refractivity contribution < 1.29 is 4.39 Å². The summed E-state index contributed by atoms with van der Waals surface area (Å²) >= 11 is 0. The van der Waals surface area contributed by atoms with Crippen LogP contribution in [0.1, 0.15) is 0 Å². The fraction of sp³-hybridized carbons (Fsp3) is 0. The summed E-state index contributed by atoms with van der Waals surface area (Å²) < 4.78 is 15.5. The molecule has 0 atom stereocenters. The highest BCUT2D eigenvalue weighted by Gasteiger charge is 2.13. The highest BCUT2D eigenvalue weighted by Crippen LogP contribution is 2.24. The highest BCUT2D eigenvalue weighted by molar-refractivity contribution is 5.62. The van der Waals surface area contributed by atoms with E-state index in [0.29, 0.717) is 5.69 Å². The average molecular weight is 238 g/mol. The molecule has 0 spiro atoms. The van der Waals surface area contributed by atoms with Crippen molar-refractivity contribution in [1.82, 2.24) is 9.78 Å². The molecule has 0 fully saturated rings. The van der Waals surface area contributed by atoms with Crippen molar-refractivity contribution >= 4 is 0 Å². The summed E-state index contributed by atoms with van der Waals surface area (Å²) in [7, 11) is 0. The summed E-state index contributed by atoms with van der Waals surface area (Å²) in [5, 5.41) is 4.10. The lowest BCUT2D eigenvalue weighted by molar-refractivity contribution is 0.631. The molecule has 88 valence electrons. The molecular weight excluding hydrogens is 227 g/mol. The number of nitrogens with zero attached hydrogens (tertiary/aromatic N) is 2. The van der Waals surface area contributed by atoms with E-state index < -0.39 is 0 Å². The number of hydrogen-bond acceptors (Lipinski definition) is 1. The third-order valence-corrected chi connectivity index (χ3v) is 2.77. The number of rotatable bonds is 2. The smallest absolute Gasteiger partial charge is 0.169 e. The molecule has 3 rings (SSSR count). The minimum atomic E-state index is -0.315. The maximum atomic E-state index is 13.9. The zero-order valence-electron chi connectivity index (χ0n) is 9.62. The molecule has 3 heteroatoms. The molecule has 0 radical (unpaired) electrons. The van der Waals surface area contributed by atoms with E-state index in [0.717, 1.165) is 11.3 Å². The second-order valence-electron chi connectivity index (χ2n) is 3.95. The van der Waals surface area contributed by atoms with E-state index in [4.69, 9.17) is 0 Å². The summed E-state index contributed by atoms with van der Waals surface area (Å²) in [4.78, 5) is 0. The zero-order valence-corrected chi connectivity index (χ0v) is 9.62. The Bertz CT molecular complexity index is 645. The SMILES string of the molecule is Fc1cnn(-c2ccccc2)c1-c1ccccc1. The minimum Gasteiger partial charge on any atom is -0.230 e. The fourth-order valence-electron chi connectivity index (χ4n) is 1.95. The van der Waals surface area contributed by atoms with Crippen LogP contribution in [0.25, 0.3) is 16.9 Å².